The number of nitro benzene ring substituents is 1. The number of rotatable bonds is 4. The maximum absolute atomic E-state index is 12.2. The Hall–Kier alpha value is -2.31. The lowest BCUT2D eigenvalue weighted by atomic mass is 10.0. The first-order valence-electron chi connectivity index (χ1n) is 7.50. The van der Waals surface area contributed by atoms with Gasteiger partial charge in [0.1, 0.15) is 0 Å². The fourth-order valence-corrected chi connectivity index (χ4v) is 2.89. The number of carbonyl (C=O) groups is 1. The fourth-order valence-electron chi connectivity index (χ4n) is 2.89. The Morgan fingerprint density at radius 3 is 2.55 bits per heavy atom. The van der Waals surface area contributed by atoms with Crippen LogP contribution in [-0.4, -0.2) is 35.6 Å². The minimum absolute atomic E-state index is 0.0179. The van der Waals surface area contributed by atoms with Gasteiger partial charge in [-0.2, -0.15) is 0 Å². The number of hydrogen-bond donors (Lipinski definition) is 0. The largest absolute Gasteiger partial charge is 0.454 e. The van der Waals surface area contributed by atoms with Crippen LogP contribution < -0.4 is 9.47 Å². The first-order valence-corrected chi connectivity index (χ1v) is 7.50. The predicted octanol–water partition coefficient (Wildman–Crippen LogP) is 2.27. The Bertz CT molecular complexity index is 596. The number of nitrogens with zero attached hydrogens (tertiary/aromatic N) is 2. The number of likely N-dealkylation sites (tertiary alicyclic amines) is 1. The summed E-state index contributed by atoms with van der Waals surface area (Å²) in [6.45, 7) is 1.66. The summed E-state index contributed by atoms with van der Waals surface area (Å²) in [5, 5.41) is 11.2. The average Bonchev–Trinajstić information content (AvgIpc) is 2.99. The van der Waals surface area contributed by atoms with Gasteiger partial charge in [0.2, 0.25) is 12.7 Å². The van der Waals surface area contributed by atoms with Gasteiger partial charge in [0, 0.05) is 25.1 Å². The third-order valence-corrected chi connectivity index (χ3v) is 4.09. The third kappa shape index (κ3) is 2.98. The van der Waals surface area contributed by atoms with E-state index in [1.165, 1.54) is 6.07 Å². The first-order chi connectivity index (χ1) is 10.6. The van der Waals surface area contributed by atoms with E-state index in [2.05, 4.69) is 0 Å². The molecule has 0 N–H and O–H groups in total. The van der Waals surface area contributed by atoms with Gasteiger partial charge in [-0.3, -0.25) is 14.9 Å². The molecular formula is C15H18N2O5. The molecule has 22 heavy (non-hydrogen) atoms. The highest BCUT2D eigenvalue weighted by molar-refractivity contribution is 5.76. The minimum atomic E-state index is -0.442. The first kappa shape index (κ1) is 14.6. The van der Waals surface area contributed by atoms with Crippen LogP contribution in [0.15, 0.2) is 12.1 Å². The van der Waals surface area contributed by atoms with Crippen LogP contribution in [-0.2, 0) is 11.2 Å². The zero-order valence-electron chi connectivity index (χ0n) is 12.2. The van der Waals surface area contributed by atoms with Crippen LogP contribution in [0.1, 0.15) is 31.2 Å². The van der Waals surface area contributed by atoms with Crippen molar-refractivity contribution in [2.24, 2.45) is 0 Å². The van der Waals surface area contributed by atoms with Gasteiger partial charge < -0.3 is 14.4 Å². The monoisotopic (exact) mass is 306 g/mol. The molecule has 3 rings (SSSR count). The SMILES string of the molecule is O=C(CCc1cc2c(cc1[N+](=O)[O-])OCO2)N1CCCCC1. The summed E-state index contributed by atoms with van der Waals surface area (Å²) in [7, 11) is 0. The highest BCUT2D eigenvalue weighted by Crippen LogP contribution is 2.38. The van der Waals surface area contributed by atoms with Crippen molar-refractivity contribution in [2.45, 2.75) is 32.1 Å². The summed E-state index contributed by atoms with van der Waals surface area (Å²) in [5.74, 6) is 0.954. The van der Waals surface area contributed by atoms with Gasteiger partial charge >= 0.3 is 0 Å². The van der Waals surface area contributed by atoms with E-state index in [-0.39, 0.29) is 24.8 Å². The second kappa shape index (κ2) is 6.21. The Balaban J connectivity index is 1.71. The summed E-state index contributed by atoms with van der Waals surface area (Å²) >= 11 is 0. The summed E-state index contributed by atoms with van der Waals surface area (Å²) in [4.78, 5) is 24.8. The Morgan fingerprint density at radius 1 is 1.18 bits per heavy atom. The van der Waals surface area contributed by atoms with E-state index in [1.807, 2.05) is 4.90 Å². The summed E-state index contributed by atoms with van der Waals surface area (Å²) in [5.41, 5.74) is 0.496. The smallest absolute Gasteiger partial charge is 0.276 e. The zero-order chi connectivity index (χ0) is 15.5. The fraction of sp³-hybridized carbons (Fsp3) is 0.533. The van der Waals surface area contributed by atoms with E-state index < -0.39 is 4.92 Å². The van der Waals surface area contributed by atoms with Gasteiger partial charge in [0.25, 0.3) is 5.69 Å². The molecule has 0 bridgehead atoms. The maximum Gasteiger partial charge on any atom is 0.276 e. The number of fused-ring (bicyclic) bond motifs is 1. The van der Waals surface area contributed by atoms with Crippen molar-refractivity contribution in [1.29, 1.82) is 0 Å². The highest BCUT2D eigenvalue weighted by Gasteiger charge is 2.24. The molecule has 0 aromatic heterocycles. The molecule has 0 atom stereocenters. The molecule has 0 unspecified atom stereocenters. The van der Waals surface area contributed by atoms with Crippen LogP contribution in [0.4, 0.5) is 5.69 Å². The van der Waals surface area contributed by atoms with Crippen LogP contribution in [0.2, 0.25) is 0 Å². The number of nitro groups is 1. The normalized spacial score (nSPS) is 16.6. The molecule has 0 radical (unpaired) electrons. The topological polar surface area (TPSA) is 81.9 Å². The maximum atomic E-state index is 12.2. The van der Waals surface area contributed by atoms with E-state index in [0.717, 1.165) is 32.4 Å². The lowest BCUT2D eigenvalue weighted by molar-refractivity contribution is -0.385. The van der Waals surface area contributed by atoms with Crippen molar-refractivity contribution in [3.05, 3.63) is 27.8 Å². The van der Waals surface area contributed by atoms with Crippen molar-refractivity contribution < 1.29 is 19.2 Å². The molecule has 1 fully saturated rings. The van der Waals surface area contributed by atoms with Crippen LogP contribution in [0.3, 0.4) is 0 Å². The zero-order valence-corrected chi connectivity index (χ0v) is 12.2. The lowest BCUT2D eigenvalue weighted by Gasteiger charge is -2.26. The highest BCUT2D eigenvalue weighted by atomic mass is 16.7. The van der Waals surface area contributed by atoms with E-state index >= 15 is 0 Å². The molecule has 7 heteroatoms. The minimum Gasteiger partial charge on any atom is -0.454 e. The number of piperidine rings is 1. The number of aryl methyl sites for hydroxylation is 1. The van der Waals surface area contributed by atoms with Gasteiger partial charge in [0.15, 0.2) is 11.5 Å². The van der Waals surface area contributed by atoms with Crippen molar-refractivity contribution in [3.63, 3.8) is 0 Å². The Labute approximate surface area is 128 Å². The van der Waals surface area contributed by atoms with Gasteiger partial charge in [-0.1, -0.05) is 0 Å². The van der Waals surface area contributed by atoms with Crippen LogP contribution >= 0.6 is 0 Å². The molecule has 2 aliphatic heterocycles. The van der Waals surface area contributed by atoms with Crippen LogP contribution in [0.25, 0.3) is 0 Å². The molecular weight excluding hydrogens is 288 g/mol. The van der Waals surface area contributed by atoms with E-state index in [4.69, 9.17) is 9.47 Å². The van der Waals surface area contributed by atoms with Crippen molar-refractivity contribution in [3.8, 4) is 11.5 Å². The average molecular weight is 306 g/mol. The van der Waals surface area contributed by atoms with Gasteiger partial charge in [0.05, 0.1) is 11.0 Å². The molecule has 1 aromatic rings. The summed E-state index contributed by atoms with van der Waals surface area (Å²) < 4.78 is 10.4. The quantitative estimate of drug-likeness (QED) is 0.629. The molecule has 2 heterocycles. The molecule has 1 aromatic carbocycles. The van der Waals surface area contributed by atoms with Crippen LogP contribution in [0.5, 0.6) is 11.5 Å². The van der Waals surface area contributed by atoms with Crippen molar-refractivity contribution >= 4 is 11.6 Å². The lowest BCUT2D eigenvalue weighted by Crippen LogP contribution is -2.35. The van der Waals surface area contributed by atoms with Gasteiger partial charge in [-0.25, -0.2) is 0 Å². The molecule has 0 aliphatic carbocycles. The number of ether oxygens (including phenoxy) is 2. The molecule has 1 saturated heterocycles. The summed E-state index contributed by atoms with van der Waals surface area (Å²) in [6.07, 6.45) is 3.85. The molecule has 7 nitrogen and oxygen atoms in total. The predicted molar refractivity (Wildman–Crippen MR) is 78.0 cm³/mol. The number of amides is 1. The van der Waals surface area contributed by atoms with Crippen molar-refractivity contribution in [1.82, 2.24) is 4.90 Å². The van der Waals surface area contributed by atoms with E-state index in [9.17, 15) is 14.9 Å². The molecule has 0 saturated carbocycles. The molecule has 1 amide bonds. The van der Waals surface area contributed by atoms with Gasteiger partial charge in [-0.15, -0.1) is 0 Å². The molecule has 2 aliphatic rings. The van der Waals surface area contributed by atoms with Gasteiger partial charge in [-0.05, 0) is 31.7 Å². The molecule has 0 spiro atoms. The third-order valence-electron chi connectivity index (χ3n) is 4.09. The van der Waals surface area contributed by atoms with E-state index in [1.54, 1.807) is 6.07 Å². The molecule has 118 valence electrons. The second-order valence-corrected chi connectivity index (χ2v) is 5.53. The van der Waals surface area contributed by atoms with Crippen LogP contribution in [0, 0.1) is 10.1 Å². The Morgan fingerprint density at radius 2 is 1.86 bits per heavy atom. The number of carbonyl (C=O) groups excluding carboxylic acids is 1. The van der Waals surface area contributed by atoms with E-state index in [0.29, 0.717) is 23.5 Å². The number of benzene rings is 1. The Kier molecular flexibility index (Phi) is 4.13. The second-order valence-electron chi connectivity index (χ2n) is 5.53. The summed E-state index contributed by atoms with van der Waals surface area (Å²) in [6, 6.07) is 2.99. The standard InChI is InChI=1S/C15H18N2O5/c18-15(16-6-2-1-3-7-16)5-4-11-8-13-14(22-10-21-13)9-12(11)17(19)20/h8-9H,1-7,10H2. The number of hydrogen-bond acceptors (Lipinski definition) is 5. The van der Waals surface area contributed by atoms with Crippen molar-refractivity contribution in [2.75, 3.05) is 19.9 Å².